The van der Waals surface area contributed by atoms with Crippen molar-refractivity contribution in [3.05, 3.63) is 64.8 Å². The predicted molar refractivity (Wildman–Crippen MR) is 138 cm³/mol. The molecular weight excluding hydrogens is 557 g/mol. The lowest BCUT2D eigenvalue weighted by atomic mass is 9.94. The van der Waals surface area contributed by atoms with Crippen LogP contribution in [0.2, 0.25) is 0 Å². The second-order valence-corrected chi connectivity index (χ2v) is 11.3. The van der Waals surface area contributed by atoms with Gasteiger partial charge in [-0.25, -0.2) is 17.2 Å². The third-order valence-electron chi connectivity index (χ3n) is 6.69. The average molecular weight is 586 g/mol. The number of hydrogen-bond acceptors (Lipinski definition) is 7. The van der Waals surface area contributed by atoms with E-state index in [-0.39, 0.29) is 36.8 Å². The highest BCUT2D eigenvalue weighted by atomic mass is 32.2. The third-order valence-corrected chi connectivity index (χ3v) is 8.42. The molecule has 4 rings (SSSR count). The van der Waals surface area contributed by atoms with Gasteiger partial charge >= 0.3 is 6.18 Å². The molecule has 1 aliphatic rings. The minimum Gasteiger partial charge on any atom is -0.355 e. The molecule has 0 aliphatic carbocycles. The summed E-state index contributed by atoms with van der Waals surface area (Å²) in [6.45, 7) is 1.25. The normalized spacial score (nSPS) is 17.4. The first kappa shape index (κ1) is 29.6. The summed E-state index contributed by atoms with van der Waals surface area (Å²) < 4.78 is 93.4. The second-order valence-electron chi connectivity index (χ2n) is 9.44. The van der Waals surface area contributed by atoms with Crippen LogP contribution in [0.15, 0.2) is 47.6 Å². The molecule has 0 radical (unpaired) electrons. The van der Waals surface area contributed by atoms with E-state index >= 15 is 0 Å². The molecular formula is C25H28F5N7O2S. The number of benzene rings is 2. The fourth-order valence-electron chi connectivity index (χ4n) is 4.66. The summed E-state index contributed by atoms with van der Waals surface area (Å²) in [6, 6.07) is 8.18. The number of sulfonamides is 1. The third kappa shape index (κ3) is 6.64. The zero-order valence-corrected chi connectivity index (χ0v) is 22.5. The summed E-state index contributed by atoms with van der Waals surface area (Å²) in [5.74, 6) is 0. The lowest BCUT2D eigenvalue weighted by molar-refractivity contribution is -0.140. The van der Waals surface area contributed by atoms with Gasteiger partial charge < -0.3 is 10.7 Å². The Labute approximate surface area is 228 Å². The topological polar surface area (TPSA) is 107 Å². The first-order chi connectivity index (χ1) is 18.8. The van der Waals surface area contributed by atoms with Gasteiger partial charge in [0.05, 0.1) is 12.6 Å². The number of piperazine rings is 1. The molecule has 2 N–H and O–H groups in total. The van der Waals surface area contributed by atoms with Crippen molar-refractivity contribution in [2.75, 3.05) is 31.5 Å². The van der Waals surface area contributed by atoms with Crippen LogP contribution < -0.4 is 5.32 Å². The Kier molecular flexibility index (Phi) is 8.56. The molecule has 1 atom stereocenters. The molecule has 1 aliphatic heterocycles. The summed E-state index contributed by atoms with van der Waals surface area (Å²) >= 11 is 0. The highest BCUT2D eigenvalue weighted by Crippen LogP contribution is 2.35. The molecule has 15 heteroatoms. The quantitative estimate of drug-likeness (QED) is 0.276. The Morgan fingerprint density at radius 2 is 1.95 bits per heavy atom. The minimum absolute atomic E-state index is 0.0378. The van der Waals surface area contributed by atoms with Crippen LogP contribution in [-0.2, 0) is 17.1 Å². The summed E-state index contributed by atoms with van der Waals surface area (Å²) in [5.41, 5.74) is 2.16. The van der Waals surface area contributed by atoms with E-state index in [1.54, 1.807) is 30.0 Å². The van der Waals surface area contributed by atoms with Gasteiger partial charge in [0.25, 0.3) is 16.4 Å². The van der Waals surface area contributed by atoms with Crippen LogP contribution in [0.25, 0.3) is 0 Å². The maximum absolute atomic E-state index is 13.3. The SMILES string of the molecule is Cc1cc(Nc2cccc(C(F)F)c2)c(C=N)cc1C1CN(S(=O)(=O)c2cnn(C)n2)CCN1CCC(F)(F)F. The summed E-state index contributed by atoms with van der Waals surface area (Å²) in [4.78, 5) is 2.69. The van der Waals surface area contributed by atoms with E-state index in [9.17, 15) is 30.4 Å². The van der Waals surface area contributed by atoms with Crippen molar-refractivity contribution in [3.8, 4) is 0 Å². The Hall–Kier alpha value is -3.43. The first-order valence-corrected chi connectivity index (χ1v) is 13.7. The van der Waals surface area contributed by atoms with Crippen molar-refractivity contribution in [1.82, 2.24) is 24.2 Å². The van der Waals surface area contributed by atoms with E-state index < -0.39 is 35.1 Å². The number of rotatable bonds is 9. The molecule has 2 heterocycles. The number of nitrogens with one attached hydrogen (secondary N) is 2. The summed E-state index contributed by atoms with van der Waals surface area (Å²) in [7, 11) is -2.60. The largest absolute Gasteiger partial charge is 0.390 e. The average Bonchev–Trinajstić information content (AvgIpc) is 3.34. The van der Waals surface area contributed by atoms with Crippen molar-refractivity contribution in [1.29, 1.82) is 5.41 Å². The van der Waals surface area contributed by atoms with Crippen molar-refractivity contribution < 1.29 is 30.4 Å². The fraction of sp³-hybridized carbons (Fsp3) is 0.400. The molecule has 3 aromatic rings. The van der Waals surface area contributed by atoms with Crippen LogP contribution in [0.3, 0.4) is 0 Å². The Morgan fingerprint density at radius 1 is 1.20 bits per heavy atom. The molecule has 40 heavy (non-hydrogen) atoms. The van der Waals surface area contributed by atoms with Gasteiger partial charge in [-0.3, -0.25) is 4.90 Å². The molecule has 0 bridgehead atoms. The number of halogens is 5. The summed E-state index contributed by atoms with van der Waals surface area (Å²) in [5, 5.41) is 18.4. The molecule has 1 unspecified atom stereocenters. The fourth-order valence-corrected chi connectivity index (χ4v) is 5.99. The van der Waals surface area contributed by atoms with Crippen LogP contribution in [0, 0.1) is 12.3 Å². The zero-order valence-electron chi connectivity index (χ0n) is 21.7. The zero-order chi connectivity index (χ0) is 29.2. The monoisotopic (exact) mass is 585 g/mol. The van der Waals surface area contributed by atoms with Crippen LogP contribution in [0.5, 0.6) is 0 Å². The highest BCUT2D eigenvalue weighted by molar-refractivity contribution is 7.89. The highest BCUT2D eigenvalue weighted by Gasteiger charge is 2.38. The second kappa shape index (κ2) is 11.6. The van der Waals surface area contributed by atoms with Crippen LogP contribution in [-0.4, -0.2) is 71.2 Å². The van der Waals surface area contributed by atoms with E-state index in [4.69, 9.17) is 5.41 Å². The molecule has 1 aromatic heterocycles. The van der Waals surface area contributed by atoms with E-state index in [2.05, 4.69) is 15.5 Å². The molecule has 1 fully saturated rings. The number of aryl methyl sites for hydroxylation is 2. The van der Waals surface area contributed by atoms with Crippen LogP contribution in [0.4, 0.5) is 33.3 Å². The van der Waals surface area contributed by atoms with E-state index in [0.29, 0.717) is 28.1 Å². The number of hydrogen-bond donors (Lipinski definition) is 2. The van der Waals surface area contributed by atoms with E-state index in [0.717, 1.165) is 17.2 Å². The molecule has 1 saturated heterocycles. The van der Waals surface area contributed by atoms with E-state index in [1.807, 2.05) is 0 Å². The van der Waals surface area contributed by atoms with Crippen molar-refractivity contribution in [2.45, 2.75) is 37.0 Å². The van der Waals surface area contributed by atoms with Crippen LogP contribution in [0.1, 0.15) is 41.1 Å². The lowest BCUT2D eigenvalue weighted by Gasteiger charge is -2.41. The molecule has 9 nitrogen and oxygen atoms in total. The van der Waals surface area contributed by atoms with Gasteiger partial charge in [0, 0.05) is 68.0 Å². The number of alkyl halides is 5. The maximum Gasteiger partial charge on any atom is 0.390 e. The van der Waals surface area contributed by atoms with Gasteiger partial charge in [-0.15, -0.1) is 5.10 Å². The maximum atomic E-state index is 13.3. The Bertz CT molecular complexity index is 1480. The van der Waals surface area contributed by atoms with Gasteiger partial charge in [-0.1, -0.05) is 12.1 Å². The van der Waals surface area contributed by atoms with Gasteiger partial charge in [0.2, 0.25) is 5.03 Å². The molecule has 2 aromatic carbocycles. The minimum atomic E-state index is -4.40. The number of aromatic nitrogens is 3. The molecule has 0 spiro atoms. The Morgan fingerprint density at radius 3 is 2.58 bits per heavy atom. The van der Waals surface area contributed by atoms with Crippen molar-refractivity contribution in [2.24, 2.45) is 7.05 Å². The Balaban J connectivity index is 1.69. The molecule has 216 valence electrons. The van der Waals surface area contributed by atoms with Gasteiger partial charge in [0.15, 0.2) is 0 Å². The van der Waals surface area contributed by atoms with E-state index in [1.165, 1.54) is 29.6 Å². The van der Waals surface area contributed by atoms with Gasteiger partial charge in [-0.2, -0.15) is 27.4 Å². The van der Waals surface area contributed by atoms with Crippen LogP contribution >= 0.6 is 0 Å². The molecule has 0 amide bonds. The number of nitrogens with zero attached hydrogens (tertiary/aromatic N) is 5. The standard InChI is InChI=1S/C25H28F5N7O2S/c1-16-10-21(33-19-5-3-4-17(11-19)24(26)27)18(13-31)12-20(16)22-15-37(9-8-36(22)7-6-25(28,29)30)40(38,39)23-14-32-35(2)34-23/h3-5,10-14,22,24,31,33H,6-9,15H2,1-2H3. The first-order valence-electron chi connectivity index (χ1n) is 12.3. The molecule has 0 saturated carbocycles. The lowest BCUT2D eigenvalue weighted by Crippen LogP contribution is -2.51. The van der Waals surface area contributed by atoms with Crippen molar-refractivity contribution >= 4 is 27.6 Å². The van der Waals surface area contributed by atoms with Gasteiger partial charge in [0.1, 0.15) is 0 Å². The number of anilines is 2. The predicted octanol–water partition coefficient (Wildman–Crippen LogP) is 4.80. The van der Waals surface area contributed by atoms with Crippen molar-refractivity contribution in [3.63, 3.8) is 0 Å². The van der Waals surface area contributed by atoms with Gasteiger partial charge in [-0.05, 0) is 42.3 Å². The smallest absolute Gasteiger partial charge is 0.355 e. The summed E-state index contributed by atoms with van der Waals surface area (Å²) in [6.07, 6.45) is -5.98.